The number of aliphatic hydroxyl groups excluding tert-OH is 1. The van der Waals surface area contributed by atoms with Crippen LogP contribution in [-0.2, 0) is 15.1 Å². The van der Waals surface area contributed by atoms with Crippen molar-refractivity contribution in [2.24, 2.45) is 5.92 Å². The maximum Gasteiger partial charge on any atom is 0.164 e. The lowest BCUT2D eigenvalue weighted by atomic mass is 9.85. The van der Waals surface area contributed by atoms with Gasteiger partial charge in [-0.15, -0.1) is 0 Å². The highest BCUT2D eigenvalue weighted by Crippen LogP contribution is 2.45. The lowest BCUT2D eigenvalue weighted by Gasteiger charge is -2.32. The van der Waals surface area contributed by atoms with Crippen LogP contribution in [0.1, 0.15) is 32.8 Å². The van der Waals surface area contributed by atoms with Crippen molar-refractivity contribution in [1.29, 1.82) is 0 Å². The first-order chi connectivity index (χ1) is 9.28. The van der Waals surface area contributed by atoms with E-state index in [1.807, 2.05) is 26.8 Å². The zero-order valence-electron chi connectivity index (χ0n) is 12.0. The van der Waals surface area contributed by atoms with Gasteiger partial charge < -0.3 is 14.6 Å². The highest BCUT2D eigenvalue weighted by Gasteiger charge is 2.48. The second-order valence-electron chi connectivity index (χ2n) is 5.90. The van der Waals surface area contributed by atoms with Crippen LogP contribution in [0.5, 0.6) is 0 Å². The molecule has 0 saturated carbocycles. The summed E-state index contributed by atoms with van der Waals surface area (Å²) in [6.45, 7) is 6.23. The summed E-state index contributed by atoms with van der Waals surface area (Å²) in [5, 5.41) is 10.5. The second-order valence-corrected chi connectivity index (χ2v) is 6.74. The normalized spacial score (nSPS) is 26.7. The Hall–Kier alpha value is -0.320. The maximum absolute atomic E-state index is 9.35. The van der Waals surface area contributed by atoms with Crippen molar-refractivity contribution in [2.75, 3.05) is 13.2 Å². The number of ether oxygens (including phenoxy) is 2. The van der Waals surface area contributed by atoms with Gasteiger partial charge in [0.25, 0.3) is 0 Å². The predicted octanol–water partition coefficient (Wildman–Crippen LogP) is 3.99. The third-order valence-electron chi connectivity index (χ3n) is 3.51. The van der Waals surface area contributed by atoms with Gasteiger partial charge in [0.2, 0.25) is 0 Å². The first-order valence-corrected chi connectivity index (χ1v) is 7.44. The Balaban J connectivity index is 2.41. The Labute approximate surface area is 129 Å². The van der Waals surface area contributed by atoms with E-state index in [1.165, 1.54) is 0 Å². The molecule has 1 N–H and O–H groups in total. The fourth-order valence-electron chi connectivity index (χ4n) is 2.65. The number of hydrogen-bond acceptors (Lipinski definition) is 3. The molecule has 0 aliphatic carbocycles. The van der Waals surface area contributed by atoms with Crippen LogP contribution in [-0.4, -0.2) is 24.1 Å². The molecule has 0 spiro atoms. The molecule has 2 atom stereocenters. The number of halogens is 2. The van der Waals surface area contributed by atoms with E-state index >= 15 is 0 Å². The highest BCUT2D eigenvalue weighted by atomic mass is 35.5. The monoisotopic (exact) mass is 318 g/mol. The highest BCUT2D eigenvalue weighted by molar-refractivity contribution is 6.35. The van der Waals surface area contributed by atoms with Crippen molar-refractivity contribution in [3.8, 4) is 0 Å². The second kappa shape index (κ2) is 5.82. The minimum absolute atomic E-state index is 0.0826. The predicted molar refractivity (Wildman–Crippen MR) is 80.1 cm³/mol. The smallest absolute Gasteiger partial charge is 0.164 e. The minimum atomic E-state index is -0.669. The molecule has 1 fully saturated rings. The summed E-state index contributed by atoms with van der Waals surface area (Å²) in [6, 6.07) is 5.38. The van der Waals surface area contributed by atoms with Crippen LogP contribution in [0.2, 0.25) is 10.0 Å². The Bertz CT molecular complexity index is 490. The first-order valence-electron chi connectivity index (χ1n) is 6.68. The number of hydrogen-bond donors (Lipinski definition) is 1. The molecule has 1 aromatic carbocycles. The largest absolute Gasteiger partial charge is 0.396 e. The molecule has 1 heterocycles. The van der Waals surface area contributed by atoms with Crippen molar-refractivity contribution < 1.29 is 14.6 Å². The number of benzene rings is 1. The molecule has 1 aromatic rings. The van der Waals surface area contributed by atoms with E-state index in [0.29, 0.717) is 23.1 Å². The van der Waals surface area contributed by atoms with Gasteiger partial charge in [0.1, 0.15) is 5.60 Å². The molecule has 0 aromatic heterocycles. The summed E-state index contributed by atoms with van der Waals surface area (Å²) in [6.07, 6.45) is 0.633. The van der Waals surface area contributed by atoms with Crippen LogP contribution < -0.4 is 0 Å². The van der Waals surface area contributed by atoms with Crippen molar-refractivity contribution in [3.05, 3.63) is 33.8 Å². The molecule has 0 radical (unpaired) electrons. The average molecular weight is 319 g/mol. The third-order valence-corrected chi connectivity index (χ3v) is 4.05. The lowest BCUT2D eigenvalue weighted by Crippen LogP contribution is -2.34. The van der Waals surface area contributed by atoms with Crippen LogP contribution in [0, 0.1) is 5.92 Å². The maximum atomic E-state index is 9.35. The Kier molecular flexibility index (Phi) is 4.67. The summed E-state index contributed by atoms with van der Waals surface area (Å²) in [5.74, 6) is -0.586. The van der Waals surface area contributed by atoms with E-state index in [4.69, 9.17) is 32.7 Å². The van der Waals surface area contributed by atoms with Gasteiger partial charge in [0, 0.05) is 22.2 Å². The van der Waals surface area contributed by atoms with E-state index in [2.05, 4.69) is 0 Å². The lowest BCUT2D eigenvalue weighted by molar-refractivity contribution is -0.168. The molecule has 1 aliphatic heterocycles. The van der Waals surface area contributed by atoms with E-state index in [-0.39, 0.29) is 12.5 Å². The van der Waals surface area contributed by atoms with Crippen molar-refractivity contribution in [1.82, 2.24) is 0 Å². The zero-order chi connectivity index (χ0) is 15.0. The molecular weight excluding hydrogens is 299 g/mol. The number of rotatable bonds is 4. The van der Waals surface area contributed by atoms with E-state index < -0.39 is 11.4 Å². The Morgan fingerprint density at radius 1 is 1.35 bits per heavy atom. The fourth-order valence-corrected chi connectivity index (χ4v) is 3.23. The summed E-state index contributed by atoms with van der Waals surface area (Å²) < 4.78 is 11.9. The molecule has 2 rings (SSSR count). The van der Waals surface area contributed by atoms with Crippen LogP contribution >= 0.6 is 23.2 Å². The van der Waals surface area contributed by atoms with Gasteiger partial charge in [-0.1, -0.05) is 36.2 Å². The van der Waals surface area contributed by atoms with Gasteiger partial charge in [-0.25, -0.2) is 0 Å². The van der Waals surface area contributed by atoms with Gasteiger partial charge in [0.15, 0.2) is 5.79 Å². The quantitative estimate of drug-likeness (QED) is 0.912. The van der Waals surface area contributed by atoms with Crippen LogP contribution in [0.4, 0.5) is 0 Å². The minimum Gasteiger partial charge on any atom is -0.396 e. The van der Waals surface area contributed by atoms with Crippen molar-refractivity contribution >= 4 is 23.2 Å². The van der Waals surface area contributed by atoms with Gasteiger partial charge >= 0.3 is 0 Å². The van der Waals surface area contributed by atoms with E-state index in [1.54, 1.807) is 12.1 Å². The summed E-state index contributed by atoms with van der Waals surface area (Å²) in [7, 11) is 0. The summed E-state index contributed by atoms with van der Waals surface area (Å²) in [5.41, 5.74) is 0.210. The van der Waals surface area contributed by atoms with Crippen molar-refractivity contribution in [2.45, 2.75) is 38.6 Å². The topological polar surface area (TPSA) is 38.7 Å². The molecule has 1 aliphatic rings. The summed E-state index contributed by atoms with van der Waals surface area (Å²) in [4.78, 5) is 0. The van der Waals surface area contributed by atoms with Gasteiger partial charge in [-0.2, -0.15) is 0 Å². The molecule has 112 valence electrons. The molecular formula is C15H20Cl2O3. The molecule has 3 nitrogen and oxygen atoms in total. The van der Waals surface area contributed by atoms with Crippen molar-refractivity contribution in [3.63, 3.8) is 0 Å². The molecule has 0 unspecified atom stereocenters. The van der Waals surface area contributed by atoms with E-state index in [0.717, 1.165) is 5.56 Å². The molecule has 1 saturated heterocycles. The Morgan fingerprint density at radius 3 is 2.55 bits per heavy atom. The fraction of sp³-hybridized carbons (Fsp3) is 0.600. The van der Waals surface area contributed by atoms with Crippen LogP contribution in [0.3, 0.4) is 0 Å². The van der Waals surface area contributed by atoms with Crippen LogP contribution in [0.25, 0.3) is 0 Å². The molecule has 20 heavy (non-hydrogen) atoms. The standard InChI is InChI=1S/C15H20Cl2O3/c1-10(8-18)7-15(9-19-14(2,3)20-15)12-5-4-11(16)6-13(12)17/h4-6,10,18H,7-9H2,1-3H3/t10-,15-/m0/s1. The zero-order valence-corrected chi connectivity index (χ0v) is 13.5. The molecule has 5 heteroatoms. The van der Waals surface area contributed by atoms with Crippen LogP contribution in [0.15, 0.2) is 18.2 Å². The van der Waals surface area contributed by atoms with Gasteiger partial charge in [-0.3, -0.25) is 0 Å². The van der Waals surface area contributed by atoms with E-state index in [9.17, 15) is 5.11 Å². The average Bonchev–Trinajstić information content (AvgIpc) is 2.65. The Morgan fingerprint density at radius 2 is 2.05 bits per heavy atom. The molecule has 0 bridgehead atoms. The first kappa shape index (κ1) is 16.1. The molecule has 0 amide bonds. The van der Waals surface area contributed by atoms with Gasteiger partial charge in [-0.05, 0) is 38.3 Å². The third kappa shape index (κ3) is 3.29. The SMILES string of the molecule is C[C@H](CO)C[C@@]1(c2ccc(Cl)cc2Cl)COC(C)(C)O1. The number of aliphatic hydroxyl groups is 1. The van der Waals surface area contributed by atoms with Gasteiger partial charge in [0.05, 0.1) is 6.61 Å². The summed E-state index contributed by atoms with van der Waals surface area (Å²) >= 11 is 12.3.